The summed E-state index contributed by atoms with van der Waals surface area (Å²) in [6.45, 7) is 6.54. The lowest BCUT2D eigenvalue weighted by molar-refractivity contribution is 0.283. The molecule has 0 fully saturated rings. The standard InChI is InChI=1S/C19H23BrN2O/c1-14-12-15(8-10-21-14)13-19(2,3)18(9-11-22-23)16-4-6-17(20)7-5-16/h4-8,10-12,18,23H,9,13H2,1-3H3. The highest BCUT2D eigenvalue weighted by molar-refractivity contribution is 9.10. The van der Waals surface area contributed by atoms with E-state index in [1.807, 2.05) is 13.1 Å². The Morgan fingerprint density at radius 3 is 2.57 bits per heavy atom. The summed E-state index contributed by atoms with van der Waals surface area (Å²) in [6, 6.07) is 12.6. The van der Waals surface area contributed by atoms with Crippen LogP contribution in [0.3, 0.4) is 0 Å². The molecule has 1 atom stereocenters. The van der Waals surface area contributed by atoms with Crippen LogP contribution in [-0.2, 0) is 6.42 Å². The summed E-state index contributed by atoms with van der Waals surface area (Å²) in [4.78, 5) is 4.27. The number of nitrogens with zero attached hydrogens (tertiary/aromatic N) is 2. The maximum absolute atomic E-state index is 8.85. The first-order valence-corrected chi connectivity index (χ1v) is 8.54. The molecule has 0 aliphatic rings. The van der Waals surface area contributed by atoms with Gasteiger partial charge in [-0.05, 0) is 66.5 Å². The molecule has 0 aliphatic heterocycles. The van der Waals surface area contributed by atoms with Crippen LogP contribution in [0.2, 0.25) is 0 Å². The van der Waals surface area contributed by atoms with Gasteiger partial charge in [0.1, 0.15) is 0 Å². The number of hydrogen-bond donors (Lipinski definition) is 1. The van der Waals surface area contributed by atoms with E-state index in [0.717, 1.165) is 16.6 Å². The number of oxime groups is 1. The molecule has 1 N–H and O–H groups in total. The Morgan fingerprint density at radius 1 is 1.26 bits per heavy atom. The Balaban J connectivity index is 2.30. The molecular weight excluding hydrogens is 352 g/mol. The van der Waals surface area contributed by atoms with E-state index in [1.54, 1.807) is 6.21 Å². The van der Waals surface area contributed by atoms with Crippen LogP contribution < -0.4 is 0 Å². The molecule has 2 rings (SSSR count). The Morgan fingerprint density at radius 2 is 1.96 bits per heavy atom. The van der Waals surface area contributed by atoms with Gasteiger partial charge in [0, 0.05) is 22.6 Å². The van der Waals surface area contributed by atoms with Gasteiger partial charge >= 0.3 is 0 Å². The highest BCUT2D eigenvalue weighted by Gasteiger charge is 2.30. The molecule has 0 spiro atoms. The lowest BCUT2D eigenvalue weighted by atomic mass is 9.70. The van der Waals surface area contributed by atoms with Crippen molar-refractivity contribution in [1.82, 2.24) is 4.98 Å². The molecule has 122 valence electrons. The molecule has 23 heavy (non-hydrogen) atoms. The van der Waals surface area contributed by atoms with Crippen LogP contribution >= 0.6 is 15.9 Å². The molecule has 0 bridgehead atoms. The normalized spacial score (nSPS) is 13.4. The van der Waals surface area contributed by atoms with Gasteiger partial charge in [-0.1, -0.05) is 41.9 Å². The van der Waals surface area contributed by atoms with Gasteiger partial charge in [0.15, 0.2) is 0 Å². The van der Waals surface area contributed by atoms with Gasteiger partial charge in [-0.15, -0.1) is 5.16 Å². The van der Waals surface area contributed by atoms with Crippen molar-refractivity contribution in [2.24, 2.45) is 10.6 Å². The smallest absolute Gasteiger partial charge is 0.0442 e. The number of benzene rings is 1. The largest absolute Gasteiger partial charge is 0.411 e. The van der Waals surface area contributed by atoms with Crippen LogP contribution in [0.25, 0.3) is 0 Å². The monoisotopic (exact) mass is 374 g/mol. The van der Waals surface area contributed by atoms with Crippen LogP contribution in [0.1, 0.15) is 43.0 Å². The number of aromatic nitrogens is 1. The first-order valence-electron chi connectivity index (χ1n) is 7.75. The third-order valence-corrected chi connectivity index (χ3v) is 4.79. The quantitative estimate of drug-likeness (QED) is 0.420. The van der Waals surface area contributed by atoms with E-state index in [2.05, 4.69) is 76.3 Å². The molecule has 0 aliphatic carbocycles. The lowest BCUT2D eigenvalue weighted by Gasteiger charge is -2.34. The Labute approximate surface area is 146 Å². The molecule has 1 heterocycles. The van der Waals surface area contributed by atoms with Crippen molar-refractivity contribution < 1.29 is 5.21 Å². The fourth-order valence-electron chi connectivity index (χ4n) is 3.12. The van der Waals surface area contributed by atoms with Crippen LogP contribution in [0.15, 0.2) is 52.2 Å². The van der Waals surface area contributed by atoms with Gasteiger partial charge < -0.3 is 5.21 Å². The van der Waals surface area contributed by atoms with Gasteiger partial charge in [0.25, 0.3) is 0 Å². The van der Waals surface area contributed by atoms with E-state index in [9.17, 15) is 0 Å². The second kappa shape index (κ2) is 7.73. The SMILES string of the molecule is Cc1cc(CC(C)(C)C(CC=NO)c2ccc(Br)cc2)ccn1. The zero-order chi connectivity index (χ0) is 16.9. The molecule has 0 radical (unpaired) electrons. The van der Waals surface area contributed by atoms with Gasteiger partial charge in [0.2, 0.25) is 0 Å². The van der Waals surface area contributed by atoms with Crippen molar-refractivity contribution in [2.75, 3.05) is 0 Å². The highest BCUT2D eigenvalue weighted by Crippen LogP contribution is 2.40. The van der Waals surface area contributed by atoms with E-state index >= 15 is 0 Å². The van der Waals surface area contributed by atoms with Crippen LogP contribution in [0.5, 0.6) is 0 Å². The fraction of sp³-hybridized carbons (Fsp3) is 0.368. The van der Waals surface area contributed by atoms with Crippen molar-refractivity contribution in [3.63, 3.8) is 0 Å². The van der Waals surface area contributed by atoms with Gasteiger partial charge in [-0.2, -0.15) is 0 Å². The predicted molar refractivity (Wildman–Crippen MR) is 98.2 cm³/mol. The zero-order valence-electron chi connectivity index (χ0n) is 13.8. The van der Waals surface area contributed by atoms with Gasteiger partial charge in [0.05, 0.1) is 0 Å². The molecule has 0 saturated heterocycles. The number of aryl methyl sites for hydroxylation is 1. The summed E-state index contributed by atoms with van der Waals surface area (Å²) in [5.74, 6) is 0.264. The molecule has 0 saturated carbocycles. The molecule has 1 unspecified atom stereocenters. The number of pyridine rings is 1. The van der Waals surface area contributed by atoms with Crippen molar-refractivity contribution in [3.05, 3.63) is 63.9 Å². The fourth-order valence-corrected chi connectivity index (χ4v) is 3.38. The van der Waals surface area contributed by atoms with E-state index < -0.39 is 0 Å². The summed E-state index contributed by atoms with van der Waals surface area (Å²) in [5, 5.41) is 12.1. The first kappa shape index (κ1) is 17.7. The van der Waals surface area contributed by atoms with Crippen molar-refractivity contribution >= 4 is 22.1 Å². The number of hydrogen-bond acceptors (Lipinski definition) is 3. The summed E-state index contributed by atoms with van der Waals surface area (Å²) in [6.07, 6.45) is 5.10. The second-order valence-corrected chi connectivity index (χ2v) is 7.52. The molecule has 2 aromatic rings. The van der Waals surface area contributed by atoms with E-state index in [1.165, 1.54) is 11.1 Å². The molecule has 1 aromatic carbocycles. The molecular formula is C19H23BrN2O. The zero-order valence-corrected chi connectivity index (χ0v) is 15.4. The predicted octanol–water partition coefficient (Wildman–Crippen LogP) is 5.36. The van der Waals surface area contributed by atoms with Crippen LogP contribution in [0.4, 0.5) is 0 Å². The van der Waals surface area contributed by atoms with Crippen LogP contribution in [0, 0.1) is 12.3 Å². The average Bonchev–Trinajstić information content (AvgIpc) is 2.48. The molecule has 1 aromatic heterocycles. The van der Waals surface area contributed by atoms with E-state index in [-0.39, 0.29) is 11.3 Å². The third-order valence-electron chi connectivity index (χ3n) is 4.26. The van der Waals surface area contributed by atoms with Crippen molar-refractivity contribution in [1.29, 1.82) is 0 Å². The Hall–Kier alpha value is -1.68. The van der Waals surface area contributed by atoms with E-state index in [0.29, 0.717) is 6.42 Å². The maximum atomic E-state index is 8.85. The van der Waals surface area contributed by atoms with E-state index in [4.69, 9.17) is 5.21 Å². The Bertz CT molecular complexity index is 665. The first-order chi connectivity index (χ1) is 10.9. The molecule has 3 nitrogen and oxygen atoms in total. The number of rotatable bonds is 6. The average molecular weight is 375 g/mol. The van der Waals surface area contributed by atoms with Gasteiger partial charge in [-0.25, -0.2) is 0 Å². The summed E-state index contributed by atoms with van der Waals surface area (Å²) in [7, 11) is 0. The minimum absolute atomic E-state index is 0.0167. The Kier molecular flexibility index (Phi) is 5.94. The van der Waals surface area contributed by atoms with Crippen molar-refractivity contribution in [2.45, 2.75) is 39.5 Å². The molecule has 0 amide bonds. The van der Waals surface area contributed by atoms with Gasteiger partial charge in [-0.3, -0.25) is 4.98 Å². The number of halogens is 1. The summed E-state index contributed by atoms with van der Waals surface area (Å²) < 4.78 is 1.07. The minimum atomic E-state index is 0.0167. The third kappa shape index (κ3) is 4.90. The maximum Gasteiger partial charge on any atom is 0.0442 e. The minimum Gasteiger partial charge on any atom is -0.411 e. The topological polar surface area (TPSA) is 45.5 Å². The summed E-state index contributed by atoms with van der Waals surface area (Å²) in [5.41, 5.74) is 3.59. The van der Waals surface area contributed by atoms with Crippen molar-refractivity contribution in [3.8, 4) is 0 Å². The second-order valence-electron chi connectivity index (χ2n) is 6.61. The molecule has 4 heteroatoms. The van der Waals surface area contributed by atoms with Crippen LogP contribution in [-0.4, -0.2) is 16.4 Å². The highest BCUT2D eigenvalue weighted by atomic mass is 79.9. The lowest BCUT2D eigenvalue weighted by Crippen LogP contribution is -2.25. The summed E-state index contributed by atoms with van der Waals surface area (Å²) >= 11 is 3.49.